The van der Waals surface area contributed by atoms with E-state index >= 15 is 0 Å². The van der Waals surface area contributed by atoms with Crippen LogP contribution < -0.4 is 5.32 Å². The molecule has 108 valence electrons. The average Bonchev–Trinajstić information content (AvgIpc) is 2.42. The van der Waals surface area contributed by atoms with Gasteiger partial charge in [-0.1, -0.05) is 12.1 Å². The molecule has 1 rings (SSSR count). The SMILES string of the molecule is COCCOCC(O)CN[C@@H](C)c1ccc(F)cc1. The van der Waals surface area contributed by atoms with Crippen molar-refractivity contribution in [3.8, 4) is 0 Å². The van der Waals surface area contributed by atoms with Crippen LogP contribution in [0.4, 0.5) is 4.39 Å². The standard InChI is InChI=1S/C14H22FNO3/c1-11(12-3-5-13(15)6-4-12)16-9-14(17)10-19-8-7-18-2/h3-6,11,14,16-17H,7-10H2,1-2H3/t11-,14?/m0/s1. The van der Waals surface area contributed by atoms with Crippen molar-refractivity contribution in [2.24, 2.45) is 0 Å². The molecule has 0 aliphatic rings. The van der Waals surface area contributed by atoms with E-state index in [-0.39, 0.29) is 18.5 Å². The molecule has 2 atom stereocenters. The summed E-state index contributed by atoms with van der Waals surface area (Å²) in [5.74, 6) is -0.248. The third-order valence-corrected chi connectivity index (χ3v) is 2.77. The van der Waals surface area contributed by atoms with Gasteiger partial charge in [-0.25, -0.2) is 4.39 Å². The Hall–Kier alpha value is -1.01. The van der Waals surface area contributed by atoms with Crippen LogP contribution in [-0.4, -0.2) is 44.7 Å². The highest BCUT2D eigenvalue weighted by Crippen LogP contribution is 2.12. The molecule has 19 heavy (non-hydrogen) atoms. The molecular formula is C14H22FNO3. The van der Waals surface area contributed by atoms with Crippen LogP contribution in [0.3, 0.4) is 0 Å². The lowest BCUT2D eigenvalue weighted by Crippen LogP contribution is -2.32. The third-order valence-electron chi connectivity index (χ3n) is 2.77. The van der Waals surface area contributed by atoms with Crippen molar-refractivity contribution in [3.63, 3.8) is 0 Å². The second-order valence-corrected chi connectivity index (χ2v) is 4.40. The molecule has 0 aliphatic heterocycles. The Morgan fingerprint density at radius 2 is 1.95 bits per heavy atom. The van der Waals surface area contributed by atoms with E-state index in [2.05, 4.69) is 5.32 Å². The Kier molecular flexibility index (Phi) is 7.59. The zero-order valence-electron chi connectivity index (χ0n) is 11.4. The zero-order chi connectivity index (χ0) is 14.1. The van der Waals surface area contributed by atoms with Gasteiger partial charge in [-0.15, -0.1) is 0 Å². The number of benzene rings is 1. The van der Waals surface area contributed by atoms with Gasteiger partial charge in [0, 0.05) is 19.7 Å². The number of methoxy groups -OCH3 is 1. The highest BCUT2D eigenvalue weighted by molar-refractivity contribution is 5.19. The van der Waals surface area contributed by atoms with Gasteiger partial charge in [-0.3, -0.25) is 0 Å². The minimum absolute atomic E-state index is 0.0502. The molecule has 1 aromatic carbocycles. The van der Waals surface area contributed by atoms with Crippen molar-refractivity contribution in [1.82, 2.24) is 5.32 Å². The van der Waals surface area contributed by atoms with Gasteiger partial charge in [0.05, 0.1) is 25.9 Å². The van der Waals surface area contributed by atoms with Crippen molar-refractivity contribution in [3.05, 3.63) is 35.6 Å². The molecule has 1 unspecified atom stereocenters. The maximum Gasteiger partial charge on any atom is 0.123 e. The number of hydrogen-bond donors (Lipinski definition) is 2. The molecule has 0 aromatic heterocycles. The lowest BCUT2D eigenvalue weighted by molar-refractivity contribution is 0.0130. The minimum Gasteiger partial charge on any atom is -0.389 e. The molecular weight excluding hydrogens is 249 g/mol. The Morgan fingerprint density at radius 3 is 2.58 bits per heavy atom. The third kappa shape index (κ3) is 6.63. The number of aliphatic hydroxyl groups excluding tert-OH is 1. The van der Waals surface area contributed by atoms with Crippen LogP contribution in [0.25, 0.3) is 0 Å². The van der Waals surface area contributed by atoms with Gasteiger partial charge in [0.1, 0.15) is 5.82 Å². The Balaban J connectivity index is 2.22. The molecule has 0 spiro atoms. The Morgan fingerprint density at radius 1 is 1.26 bits per heavy atom. The summed E-state index contributed by atoms with van der Waals surface area (Å²) in [5, 5.41) is 12.9. The average molecular weight is 271 g/mol. The molecule has 0 heterocycles. The van der Waals surface area contributed by atoms with Crippen molar-refractivity contribution >= 4 is 0 Å². The first kappa shape index (κ1) is 16.0. The maximum absolute atomic E-state index is 12.8. The van der Waals surface area contributed by atoms with E-state index in [4.69, 9.17) is 9.47 Å². The second-order valence-electron chi connectivity index (χ2n) is 4.40. The molecule has 0 radical (unpaired) electrons. The van der Waals surface area contributed by atoms with E-state index in [1.165, 1.54) is 12.1 Å². The molecule has 0 amide bonds. The van der Waals surface area contributed by atoms with Gasteiger partial charge in [0.15, 0.2) is 0 Å². The van der Waals surface area contributed by atoms with E-state index in [1.54, 1.807) is 19.2 Å². The van der Waals surface area contributed by atoms with Crippen molar-refractivity contribution < 1.29 is 19.0 Å². The fraction of sp³-hybridized carbons (Fsp3) is 0.571. The topological polar surface area (TPSA) is 50.7 Å². The smallest absolute Gasteiger partial charge is 0.123 e. The van der Waals surface area contributed by atoms with Crippen molar-refractivity contribution in [1.29, 1.82) is 0 Å². The number of hydrogen-bond acceptors (Lipinski definition) is 4. The number of nitrogens with one attached hydrogen (secondary N) is 1. The van der Waals surface area contributed by atoms with E-state index in [9.17, 15) is 9.50 Å². The van der Waals surface area contributed by atoms with Crippen LogP contribution in [0, 0.1) is 5.82 Å². The fourth-order valence-corrected chi connectivity index (χ4v) is 1.60. The zero-order valence-corrected chi connectivity index (χ0v) is 11.4. The summed E-state index contributed by atoms with van der Waals surface area (Å²) in [6.07, 6.45) is -0.570. The lowest BCUT2D eigenvalue weighted by atomic mass is 10.1. The van der Waals surface area contributed by atoms with Crippen molar-refractivity contribution in [2.45, 2.75) is 19.1 Å². The molecule has 0 saturated heterocycles. The predicted octanol–water partition coefficient (Wildman–Crippen LogP) is 1.50. The fourth-order valence-electron chi connectivity index (χ4n) is 1.60. The summed E-state index contributed by atoms with van der Waals surface area (Å²) < 4.78 is 22.8. The van der Waals surface area contributed by atoms with Crippen LogP contribution in [0.5, 0.6) is 0 Å². The second kappa shape index (κ2) is 8.98. The minimum atomic E-state index is -0.570. The normalized spacial score (nSPS) is 14.3. The van der Waals surface area contributed by atoms with Gasteiger partial charge in [-0.2, -0.15) is 0 Å². The molecule has 0 fully saturated rings. The van der Waals surface area contributed by atoms with Gasteiger partial charge in [0.2, 0.25) is 0 Å². The molecule has 2 N–H and O–H groups in total. The molecule has 0 bridgehead atoms. The van der Waals surface area contributed by atoms with E-state index in [1.807, 2.05) is 6.92 Å². The van der Waals surface area contributed by atoms with Crippen LogP contribution >= 0.6 is 0 Å². The van der Waals surface area contributed by atoms with E-state index < -0.39 is 6.10 Å². The Bertz CT molecular complexity index is 345. The lowest BCUT2D eigenvalue weighted by Gasteiger charge is -2.17. The van der Waals surface area contributed by atoms with Gasteiger partial charge >= 0.3 is 0 Å². The first-order valence-electron chi connectivity index (χ1n) is 6.37. The van der Waals surface area contributed by atoms with Crippen LogP contribution in [-0.2, 0) is 9.47 Å². The largest absolute Gasteiger partial charge is 0.389 e. The molecule has 0 aliphatic carbocycles. The predicted molar refractivity (Wildman–Crippen MR) is 71.5 cm³/mol. The summed E-state index contributed by atoms with van der Waals surface area (Å²) in [4.78, 5) is 0. The first-order chi connectivity index (χ1) is 9.13. The summed E-state index contributed by atoms with van der Waals surface area (Å²) in [5.41, 5.74) is 0.980. The summed E-state index contributed by atoms with van der Waals surface area (Å²) in [6, 6.07) is 6.37. The van der Waals surface area contributed by atoms with Gasteiger partial charge in [-0.05, 0) is 24.6 Å². The van der Waals surface area contributed by atoms with Crippen molar-refractivity contribution in [2.75, 3.05) is 33.5 Å². The van der Waals surface area contributed by atoms with Crippen LogP contribution in [0.15, 0.2) is 24.3 Å². The maximum atomic E-state index is 12.8. The molecule has 0 saturated carbocycles. The molecule has 1 aromatic rings. The number of ether oxygens (including phenoxy) is 2. The summed E-state index contributed by atoms with van der Waals surface area (Å²) in [7, 11) is 1.60. The quantitative estimate of drug-likeness (QED) is 0.668. The van der Waals surface area contributed by atoms with Gasteiger partial charge in [0.25, 0.3) is 0 Å². The van der Waals surface area contributed by atoms with E-state index in [0.29, 0.717) is 19.8 Å². The molecule has 5 heteroatoms. The number of aliphatic hydroxyl groups is 1. The number of halogens is 1. The highest BCUT2D eigenvalue weighted by atomic mass is 19.1. The number of rotatable bonds is 9. The monoisotopic (exact) mass is 271 g/mol. The first-order valence-corrected chi connectivity index (χ1v) is 6.37. The van der Waals surface area contributed by atoms with E-state index in [0.717, 1.165) is 5.56 Å². The highest BCUT2D eigenvalue weighted by Gasteiger charge is 2.09. The summed E-state index contributed by atoms with van der Waals surface area (Å²) in [6.45, 7) is 3.65. The molecule has 4 nitrogen and oxygen atoms in total. The summed E-state index contributed by atoms with van der Waals surface area (Å²) >= 11 is 0. The van der Waals surface area contributed by atoms with Crippen LogP contribution in [0.1, 0.15) is 18.5 Å². The van der Waals surface area contributed by atoms with Gasteiger partial charge < -0.3 is 19.9 Å². The Labute approximate surface area is 113 Å². The van der Waals surface area contributed by atoms with Crippen LogP contribution in [0.2, 0.25) is 0 Å².